The van der Waals surface area contributed by atoms with Gasteiger partial charge in [-0.2, -0.15) is 0 Å². The maximum absolute atomic E-state index is 12.9. The molecule has 2 amide bonds. The summed E-state index contributed by atoms with van der Waals surface area (Å²) < 4.78 is 5.43. The zero-order chi connectivity index (χ0) is 25.8. The smallest absolute Gasteiger partial charge is 0.338 e. The third kappa shape index (κ3) is 7.78. The first-order chi connectivity index (χ1) is 17.5. The number of nitrogens with zero attached hydrogens (tertiary/aromatic N) is 1. The van der Waals surface area contributed by atoms with Crippen molar-refractivity contribution in [1.29, 1.82) is 0 Å². The van der Waals surface area contributed by atoms with Crippen LogP contribution in [0.4, 0.5) is 5.69 Å². The number of esters is 1. The number of ether oxygens (including phenoxy) is 1. The number of benzene rings is 2. The maximum Gasteiger partial charge on any atom is 0.338 e. The van der Waals surface area contributed by atoms with Gasteiger partial charge in [0.25, 0.3) is 11.8 Å². The molecule has 0 N–H and O–H groups in total. The van der Waals surface area contributed by atoms with Crippen LogP contribution in [0.5, 0.6) is 0 Å². The summed E-state index contributed by atoms with van der Waals surface area (Å²) in [5.74, 6) is -1.23. The second-order valence-electron chi connectivity index (χ2n) is 9.92. The molecule has 36 heavy (non-hydrogen) atoms. The van der Waals surface area contributed by atoms with E-state index < -0.39 is 11.9 Å². The van der Waals surface area contributed by atoms with Crippen molar-refractivity contribution >= 4 is 23.5 Å². The summed E-state index contributed by atoms with van der Waals surface area (Å²) in [5, 5.41) is 0. The van der Waals surface area contributed by atoms with E-state index in [4.69, 9.17) is 4.74 Å². The van der Waals surface area contributed by atoms with Gasteiger partial charge in [0.15, 0.2) is 0 Å². The van der Waals surface area contributed by atoms with Gasteiger partial charge >= 0.3 is 5.97 Å². The Bertz CT molecular complexity index is 1010. The molecule has 0 saturated carbocycles. The molecule has 0 unspecified atom stereocenters. The molecule has 0 aliphatic carbocycles. The number of unbranched alkanes of at least 4 members (excludes halogenated alkanes) is 12. The van der Waals surface area contributed by atoms with Gasteiger partial charge < -0.3 is 4.74 Å². The van der Waals surface area contributed by atoms with Gasteiger partial charge in [-0.3, -0.25) is 9.59 Å². The largest absolute Gasteiger partial charge is 0.462 e. The summed E-state index contributed by atoms with van der Waals surface area (Å²) in [5.41, 5.74) is 2.43. The molecular formula is C31H41NO4. The molecule has 2 aromatic rings. The summed E-state index contributed by atoms with van der Waals surface area (Å²) in [4.78, 5) is 39.4. The number of aryl methyl sites for hydroxylation is 1. The predicted octanol–water partition coefficient (Wildman–Crippen LogP) is 8.04. The van der Waals surface area contributed by atoms with Gasteiger partial charge in [-0.1, -0.05) is 102 Å². The highest BCUT2D eigenvalue weighted by molar-refractivity contribution is 6.34. The normalized spacial score (nSPS) is 12.8. The number of rotatable bonds is 16. The van der Waals surface area contributed by atoms with Crippen molar-refractivity contribution in [3.8, 4) is 0 Å². The Balaban J connectivity index is 1.33. The van der Waals surface area contributed by atoms with Gasteiger partial charge in [-0.15, -0.1) is 0 Å². The number of carbonyl (C=O) groups excluding carboxylic acids is 3. The van der Waals surface area contributed by atoms with Crippen molar-refractivity contribution in [3.63, 3.8) is 0 Å². The number of amides is 2. The second-order valence-corrected chi connectivity index (χ2v) is 9.92. The standard InChI is InChI=1S/C31H41NO4/c1-3-4-5-6-7-8-9-10-11-12-13-14-15-22-36-31(35)25-18-21-27-28(23-25)30(34)32(29(27)33)26-19-16-24(2)17-20-26/h16-21,23H,3-15,22H2,1-2H3. The summed E-state index contributed by atoms with van der Waals surface area (Å²) >= 11 is 0. The van der Waals surface area contributed by atoms with Crippen LogP contribution in [0.2, 0.25) is 0 Å². The van der Waals surface area contributed by atoms with E-state index >= 15 is 0 Å². The number of carbonyl (C=O) groups is 3. The van der Waals surface area contributed by atoms with Gasteiger partial charge in [0.05, 0.1) is 29.0 Å². The Morgan fingerprint density at radius 1 is 0.694 bits per heavy atom. The van der Waals surface area contributed by atoms with E-state index in [0.29, 0.717) is 23.4 Å². The highest BCUT2D eigenvalue weighted by atomic mass is 16.5. The first-order valence-electron chi connectivity index (χ1n) is 13.8. The van der Waals surface area contributed by atoms with Crippen molar-refractivity contribution in [3.05, 3.63) is 64.7 Å². The van der Waals surface area contributed by atoms with Crippen LogP contribution in [0.25, 0.3) is 0 Å². The molecule has 0 bridgehead atoms. The van der Waals surface area contributed by atoms with Crippen LogP contribution in [0.3, 0.4) is 0 Å². The zero-order valence-corrected chi connectivity index (χ0v) is 22.0. The third-order valence-electron chi connectivity index (χ3n) is 6.90. The number of hydrogen-bond donors (Lipinski definition) is 0. The number of hydrogen-bond acceptors (Lipinski definition) is 4. The maximum atomic E-state index is 12.9. The topological polar surface area (TPSA) is 63.7 Å². The molecule has 0 radical (unpaired) electrons. The average molecular weight is 492 g/mol. The fourth-order valence-electron chi connectivity index (χ4n) is 4.66. The SMILES string of the molecule is CCCCCCCCCCCCCCCOC(=O)c1ccc2c(c1)C(=O)N(c1ccc(C)cc1)C2=O. The third-order valence-corrected chi connectivity index (χ3v) is 6.90. The molecule has 1 heterocycles. The van der Waals surface area contributed by atoms with Gasteiger partial charge in [0.1, 0.15) is 0 Å². The lowest BCUT2D eigenvalue weighted by Gasteiger charge is -2.13. The predicted molar refractivity (Wildman–Crippen MR) is 145 cm³/mol. The van der Waals surface area contributed by atoms with Gasteiger partial charge in [0.2, 0.25) is 0 Å². The van der Waals surface area contributed by atoms with Gasteiger partial charge in [0, 0.05) is 0 Å². The van der Waals surface area contributed by atoms with Gasteiger partial charge in [-0.25, -0.2) is 9.69 Å². The molecular weight excluding hydrogens is 450 g/mol. The molecule has 1 aliphatic rings. The summed E-state index contributed by atoms with van der Waals surface area (Å²) in [6.07, 6.45) is 16.5. The van der Waals surface area contributed by atoms with E-state index in [0.717, 1.165) is 23.3 Å². The van der Waals surface area contributed by atoms with Crippen molar-refractivity contribution in [2.45, 2.75) is 97.3 Å². The van der Waals surface area contributed by atoms with Crippen LogP contribution < -0.4 is 4.90 Å². The first kappa shape index (κ1) is 27.6. The van der Waals surface area contributed by atoms with Crippen LogP contribution in [0.15, 0.2) is 42.5 Å². The quantitative estimate of drug-likeness (QED) is 0.135. The Hall–Kier alpha value is -2.95. The highest BCUT2D eigenvalue weighted by Gasteiger charge is 2.37. The molecule has 2 aromatic carbocycles. The van der Waals surface area contributed by atoms with Gasteiger partial charge in [-0.05, 0) is 43.7 Å². The minimum atomic E-state index is -0.453. The van der Waals surface area contributed by atoms with E-state index in [1.807, 2.05) is 19.1 Å². The highest BCUT2D eigenvalue weighted by Crippen LogP contribution is 2.29. The average Bonchev–Trinajstić information content (AvgIpc) is 3.13. The molecule has 0 fully saturated rings. The Kier molecular flexibility index (Phi) is 11.2. The second kappa shape index (κ2) is 14.6. The molecule has 5 heteroatoms. The van der Waals surface area contributed by atoms with E-state index in [2.05, 4.69) is 6.92 Å². The number of anilines is 1. The van der Waals surface area contributed by atoms with Crippen molar-refractivity contribution in [1.82, 2.24) is 0 Å². The Morgan fingerprint density at radius 2 is 1.22 bits per heavy atom. The van der Waals surface area contributed by atoms with E-state index in [1.165, 1.54) is 76.7 Å². The lowest BCUT2D eigenvalue weighted by molar-refractivity contribution is 0.0497. The minimum Gasteiger partial charge on any atom is -0.462 e. The van der Waals surface area contributed by atoms with Crippen LogP contribution in [0.1, 0.15) is 127 Å². The van der Waals surface area contributed by atoms with Crippen molar-refractivity contribution < 1.29 is 19.1 Å². The molecule has 194 valence electrons. The fraction of sp³-hybridized carbons (Fsp3) is 0.516. The van der Waals surface area contributed by atoms with Crippen LogP contribution >= 0.6 is 0 Å². The molecule has 0 aromatic heterocycles. The molecule has 1 aliphatic heterocycles. The first-order valence-corrected chi connectivity index (χ1v) is 13.8. The lowest BCUT2D eigenvalue weighted by atomic mass is 10.0. The lowest BCUT2D eigenvalue weighted by Crippen LogP contribution is -2.29. The van der Waals surface area contributed by atoms with Crippen LogP contribution in [-0.4, -0.2) is 24.4 Å². The van der Waals surface area contributed by atoms with Crippen LogP contribution in [0, 0.1) is 6.92 Å². The fourth-order valence-corrected chi connectivity index (χ4v) is 4.66. The summed E-state index contributed by atoms with van der Waals surface area (Å²) in [6.45, 7) is 4.57. The minimum absolute atomic E-state index is 0.246. The number of fused-ring (bicyclic) bond motifs is 1. The molecule has 0 atom stereocenters. The molecule has 3 rings (SSSR count). The summed E-state index contributed by atoms with van der Waals surface area (Å²) in [7, 11) is 0. The molecule has 0 spiro atoms. The Labute approximate surface area is 216 Å². The van der Waals surface area contributed by atoms with Crippen molar-refractivity contribution in [2.24, 2.45) is 0 Å². The van der Waals surface area contributed by atoms with Crippen molar-refractivity contribution in [2.75, 3.05) is 11.5 Å². The van der Waals surface area contributed by atoms with E-state index in [9.17, 15) is 14.4 Å². The molecule has 5 nitrogen and oxygen atoms in total. The number of imide groups is 1. The monoisotopic (exact) mass is 491 g/mol. The van der Waals surface area contributed by atoms with Crippen LogP contribution in [-0.2, 0) is 4.74 Å². The zero-order valence-electron chi connectivity index (χ0n) is 22.0. The van der Waals surface area contributed by atoms with E-state index in [-0.39, 0.29) is 11.5 Å². The molecule has 0 saturated heterocycles. The van der Waals surface area contributed by atoms with E-state index in [1.54, 1.807) is 24.3 Å². The summed E-state index contributed by atoms with van der Waals surface area (Å²) in [6, 6.07) is 11.8. The Morgan fingerprint density at radius 3 is 1.81 bits per heavy atom.